The Kier molecular flexibility index (Phi) is 4.39. The van der Waals surface area contributed by atoms with E-state index in [1.807, 2.05) is 34.8 Å². The Morgan fingerprint density at radius 3 is 2.69 bits per heavy atom. The normalized spacial score (nSPS) is 15.2. The average Bonchev–Trinajstić information content (AvgIpc) is 3.31. The number of carbonyl (C=O) groups excluding carboxylic acids is 1. The number of carbonyl (C=O) groups is 1. The van der Waals surface area contributed by atoms with E-state index in [2.05, 4.69) is 20.2 Å². The third-order valence-corrected chi connectivity index (χ3v) is 4.56. The van der Waals surface area contributed by atoms with E-state index in [0.29, 0.717) is 24.8 Å². The minimum absolute atomic E-state index is 0.0298. The molecule has 1 fully saturated rings. The van der Waals surface area contributed by atoms with Crippen LogP contribution in [0.1, 0.15) is 23.3 Å². The highest BCUT2D eigenvalue weighted by molar-refractivity contribution is 5.93. The van der Waals surface area contributed by atoms with Crippen LogP contribution in [0, 0.1) is 0 Å². The molecule has 1 N–H and O–H groups in total. The van der Waals surface area contributed by atoms with E-state index in [0.717, 1.165) is 24.2 Å². The number of hydrogen-bond acceptors (Lipinski definition) is 5. The quantitative estimate of drug-likeness (QED) is 0.774. The number of likely N-dealkylation sites (tertiary alicyclic amines) is 1. The van der Waals surface area contributed by atoms with Gasteiger partial charge in [0.25, 0.3) is 5.91 Å². The van der Waals surface area contributed by atoms with E-state index in [4.69, 9.17) is 4.74 Å². The summed E-state index contributed by atoms with van der Waals surface area (Å²) in [5, 5.41) is 7.14. The van der Waals surface area contributed by atoms with Gasteiger partial charge in [-0.15, -0.1) is 0 Å². The van der Waals surface area contributed by atoms with E-state index >= 15 is 0 Å². The zero-order valence-corrected chi connectivity index (χ0v) is 14.5. The first-order chi connectivity index (χ1) is 12.7. The van der Waals surface area contributed by atoms with Crippen LogP contribution in [0.5, 0.6) is 6.01 Å². The minimum atomic E-state index is -0.0348. The van der Waals surface area contributed by atoms with Gasteiger partial charge in [-0.3, -0.25) is 9.89 Å². The Morgan fingerprint density at radius 1 is 1.23 bits per heavy atom. The maximum atomic E-state index is 12.7. The van der Waals surface area contributed by atoms with Crippen LogP contribution in [0.15, 0.2) is 42.9 Å². The largest absolute Gasteiger partial charge is 0.460 e. The van der Waals surface area contributed by atoms with Crippen molar-refractivity contribution in [1.82, 2.24) is 29.6 Å². The van der Waals surface area contributed by atoms with Gasteiger partial charge >= 0.3 is 6.01 Å². The first-order valence-electron chi connectivity index (χ1n) is 8.61. The lowest BCUT2D eigenvalue weighted by Crippen LogP contribution is -2.42. The zero-order chi connectivity index (χ0) is 17.9. The molecule has 8 heteroatoms. The highest BCUT2D eigenvalue weighted by atomic mass is 16.5. The molecule has 26 heavy (non-hydrogen) atoms. The molecule has 4 heterocycles. The van der Waals surface area contributed by atoms with Crippen molar-refractivity contribution in [1.29, 1.82) is 0 Å². The Balaban J connectivity index is 1.37. The maximum Gasteiger partial charge on any atom is 0.316 e. The van der Waals surface area contributed by atoms with Crippen LogP contribution in [-0.4, -0.2) is 54.7 Å². The van der Waals surface area contributed by atoms with Crippen LogP contribution in [-0.2, 0) is 7.05 Å². The zero-order valence-electron chi connectivity index (χ0n) is 14.5. The summed E-state index contributed by atoms with van der Waals surface area (Å²) in [5.41, 5.74) is 2.24. The molecule has 0 radical (unpaired) electrons. The molecule has 4 rings (SSSR count). The fourth-order valence-electron chi connectivity index (χ4n) is 3.13. The van der Waals surface area contributed by atoms with Gasteiger partial charge in [0.05, 0.1) is 5.69 Å². The second-order valence-electron chi connectivity index (χ2n) is 6.31. The number of aryl methyl sites for hydroxylation is 1. The highest BCUT2D eigenvalue weighted by Crippen LogP contribution is 2.20. The standard InChI is InChI=1S/C18H20N6O2/c1-23-9-2-4-16(23)14-12-15(22-21-14)17(25)24-10-5-13(6-11-24)26-18-19-7-3-8-20-18/h2-4,7-9,12-13H,5-6,10-11H2,1H3,(H,21,22). The molecule has 1 saturated heterocycles. The molecule has 0 spiro atoms. The molecule has 1 aliphatic rings. The van der Waals surface area contributed by atoms with Crippen LogP contribution >= 0.6 is 0 Å². The van der Waals surface area contributed by atoms with Crippen molar-refractivity contribution in [2.45, 2.75) is 18.9 Å². The van der Waals surface area contributed by atoms with Crippen LogP contribution in [0.4, 0.5) is 0 Å². The number of ether oxygens (including phenoxy) is 1. The van der Waals surface area contributed by atoms with Crippen molar-refractivity contribution in [3.8, 4) is 17.4 Å². The third-order valence-electron chi connectivity index (χ3n) is 4.56. The van der Waals surface area contributed by atoms with E-state index in [1.165, 1.54) is 0 Å². The summed E-state index contributed by atoms with van der Waals surface area (Å²) < 4.78 is 7.74. The van der Waals surface area contributed by atoms with Crippen LogP contribution in [0.3, 0.4) is 0 Å². The fraction of sp³-hybridized carbons (Fsp3) is 0.333. The van der Waals surface area contributed by atoms with Gasteiger partial charge in [-0.2, -0.15) is 5.10 Å². The molecule has 8 nitrogen and oxygen atoms in total. The molecule has 0 unspecified atom stereocenters. The number of nitrogens with zero attached hydrogens (tertiary/aromatic N) is 5. The number of aromatic nitrogens is 5. The number of nitrogens with one attached hydrogen (secondary N) is 1. The number of aromatic amines is 1. The molecule has 134 valence electrons. The lowest BCUT2D eigenvalue weighted by Gasteiger charge is -2.31. The maximum absolute atomic E-state index is 12.7. The Bertz CT molecular complexity index is 880. The summed E-state index contributed by atoms with van der Waals surface area (Å²) in [6, 6.07) is 7.87. The number of H-pyrrole nitrogens is 1. The molecule has 0 saturated carbocycles. The van der Waals surface area contributed by atoms with E-state index < -0.39 is 0 Å². The molecule has 1 aliphatic heterocycles. The molecular weight excluding hydrogens is 332 g/mol. The molecule has 0 aliphatic carbocycles. The SMILES string of the molecule is Cn1cccc1-c1cc(C(=O)N2CCC(Oc3ncccn3)CC2)[nH]n1. The predicted octanol–water partition coefficient (Wildman–Crippen LogP) is 1.89. The Hall–Kier alpha value is -3.16. The Morgan fingerprint density at radius 2 is 2.00 bits per heavy atom. The number of hydrogen-bond donors (Lipinski definition) is 1. The van der Waals surface area contributed by atoms with Gasteiger partial charge in [0.15, 0.2) is 0 Å². The molecule has 0 atom stereocenters. The number of rotatable bonds is 4. The number of amides is 1. The van der Waals surface area contributed by atoms with Crippen molar-refractivity contribution in [2.75, 3.05) is 13.1 Å². The number of piperidine rings is 1. The van der Waals surface area contributed by atoms with Gasteiger partial charge in [0, 0.05) is 51.6 Å². The summed E-state index contributed by atoms with van der Waals surface area (Å²) in [5.74, 6) is -0.0348. The van der Waals surface area contributed by atoms with E-state index in [1.54, 1.807) is 24.5 Å². The van der Waals surface area contributed by atoms with Crippen molar-refractivity contribution in [2.24, 2.45) is 7.05 Å². The molecule has 3 aromatic heterocycles. The van der Waals surface area contributed by atoms with E-state index in [-0.39, 0.29) is 12.0 Å². The fourth-order valence-corrected chi connectivity index (χ4v) is 3.13. The van der Waals surface area contributed by atoms with Gasteiger partial charge in [-0.05, 0) is 24.3 Å². The average molecular weight is 352 g/mol. The predicted molar refractivity (Wildman–Crippen MR) is 94.6 cm³/mol. The lowest BCUT2D eigenvalue weighted by atomic mass is 10.1. The van der Waals surface area contributed by atoms with Crippen LogP contribution in [0.25, 0.3) is 11.4 Å². The van der Waals surface area contributed by atoms with Crippen LogP contribution in [0.2, 0.25) is 0 Å². The highest BCUT2D eigenvalue weighted by Gasteiger charge is 2.26. The summed E-state index contributed by atoms with van der Waals surface area (Å²) in [6.07, 6.45) is 6.80. The van der Waals surface area contributed by atoms with Gasteiger partial charge in [-0.25, -0.2) is 9.97 Å². The first-order valence-corrected chi connectivity index (χ1v) is 8.61. The second kappa shape index (κ2) is 6.99. The minimum Gasteiger partial charge on any atom is -0.460 e. The van der Waals surface area contributed by atoms with Gasteiger partial charge in [0.2, 0.25) is 0 Å². The van der Waals surface area contributed by atoms with Gasteiger partial charge in [-0.1, -0.05) is 0 Å². The van der Waals surface area contributed by atoms with Crippen LogP contribution < -0.4 is 4.74 Å². The molecule has 0 aromatic carbocycles. The first kappa shape index (κ1) is 16.3. The Labute approximate surface area is 150 Å². The molecular formula is C18H20N6O2. The second-order valence-corrected chi connectivity index (χ2v) is 6.31. The summed E-state index contributed by atoms with van der Waals surface area (Å²) in [6.45, 7) is 1.27. The van der Waals surface area contributed by atoms with Gasteiger partial charge in [0.1, 0.15) is 17.5 Å². The smallest absolute Gasteiger partial charge is 0.316 e. The van der Waals surface area contributed by atoms with Crippen molar-refractivity contribution < 1.29 is 9.53 Å². The molecule has 1 amide bonds. The third kappa shape index (κ3) is 3.30. The van der Waals surface area contributed by atoms with E-state index in [9.17, 15) is 4.79 Å². The molecule has 3 aromatic rings. The summed E-state index contributed by atoms with van der Waals surface area (Å²) in [4.78, 5) is 22.7. The molecule has 0 bridgehead atoms. The summed E-state index contributed by atoms with van der Waals surface area (Å²) in [7, 11) is 1.95. The van der Waals surface area contributed by atoms with Gasteiger partial charge < -0.3 is 14.2 Å². The lowest BCUT2D eigenvalue weighted by molar-refractivity contribution is 0.0573. The topological polar surface area (TPSA) is 88.9 Å². The monoisotopic (exact) mass is 352 g/mol. The van der Waals surface area contributed by atoms with Crippen molar-refractivity contribution in [3.05, 3.63) is 48.5 Å². The van der Waals surface area contributed by atoms with Crippen molar-refractivity contribution in [3.63, 3.8) is 0 Å². The summed E-state index contributed by atoms with van der Waals surface area (Å²) >= 11 is 0. The van der Waals surface area contributed by atoms with Crippen molar-refractivity contribution >= 4 is 5.91 Å².